The molecular formula is C14H17F3N2. The molecule has 2 nitrogen and oxygen atoms in total. The predicted molar refractivity (Wildman–Crippen MR) is 68.8 cm³/mol. The lowest BCUT2D eigenvalue weighted by molar-refractivity contribution is -0.155. The molecule has 0 fully saturated rings. The number of alkyl halides is 3. The molecule has 0 bridgehead atoms. The molecule has 0 aromatic heterocycles. The van der Waals surface area contributed by atoms with Gasteiger partial charge < -0.3 is 5.32 Å². The Kier molecular flexibility index (Phi) is 5.22. The highest BCUT2D eigenvalue weighted by molar-refractivity contribution is 5.58. The molecule has 1 unspecified atom stereocenters. The number of halogens is 3. The normalized spacial score (nSPS) is 12.8. The van der Waals surface area contributed by atoms with E-state index in [1.807, 2.05) is 32.0 Å². The topological polar surface area (TPSA) is 35.8 Å². The average Bonchev–Trinajstić information content (AvgIpc) is 2.37. The first kappa shape index (κ1) is 15.4. The quantitative estimate of drug-likeness (QED) is 0.880. The van der Waals surface area contributed by atoms with Crippen molar-refractivity contribution < 1.29 is 13.2 Å². The minimum atomic E-state index is -4.49. The molecular weight excluding hydrogens is 253 g/mol. The van der Waals surface area contributed by atoms with Crippen LogP contribution in [0.25, 0.3) is 0 Å². The van der Waals surface area contributed by atoms with Gasteiger partial charge >= 0.3 is 6.18 Å². The molecule has 0 saturated carbocycles. The van der Waals surface area contributed by atoms with Crippen LogP contribution in [0.5, 0.6) is 0 Å². The van der Waals surface area contributed by atoms with E-state index in [1.54, 1.807) is 0 Å². The molecule has 5 heteroatoms. The minimum Gasteiger partial charge on any atom is -0.383 e. The van der Waals surface area contributed by atoms with Gasteiger partial charge in [0, 0.05) is 12.2 Å². The maximum absolute atomic E-state index is 12.5. The van der Waals surface area contributed by atoms with Gasteiger partial charge in [-0.3, -0.25) is 0 Å². The van der Waals surface area contributed by atoms with E-state index in [4.69, 9.17) is 5.26 Å². The van der Waals surface area contributed by atoms with Crippen LogP contribution in [0.15, 0.2) is 18.2 Å². The first-order valence-corrected chi connectivity index (χ1v) is 6.25. The number of anilines is 1. The summed E-state index contributed by atoms with van der Waals surface area (Å²) in [6.07, 6.45) is -3.02. The first-order chi connectivity index (χ1) is 8.93. The third-order valence-corrected chi connectivity index (χ3v) is 3.03. The van der Waals surface area contributed by atoms with Gasteiger partial charge in [0.2, 0.25) is 0 Å². The zero-order valence-electron chi connectivity index (χ0n) is 11.0. The molecule has 1 atom stereocenters. The highest BCUT2D eigenvalue weighted by Gasteiger charge is 2.39. The number of aryl methyl sites for hydroxylation is 2. The monoisotopic (exact) mass is 270 g/mol. The van der Waals surface area contributed by atoms with Crippen LogP contribution in [0.1, 0.15) is 25.0 Å². The second kappa shape index (κ2) is 6.46. The van der Waals surface area contributed by atoms with E-state index < -0.39 is 18.6 Å². The van der Waals surface area contributed by atoms with Gasteiger partial charge in [-0.2, -0.15) is 18.4 Å². The number of benzene rings is 1. The zero-order valence-corrected chi connectivity index (χ0v) is 11.0. The van der Waals surface area contributed by atoms with E-state index in [1.165, 1.54) is 6.07 Å². The summed E-state index contributed by atoms with van der Waals surface area (Å²) in [4.78, 5) is 0. The third-order valence-electron chi connectivity index (χ3n) is 3.03. The Morgan fingerprint density at radius 3 is 2.11 bits per heavy atom. The Balaban J connectivity index is 2.91. The van der Waals surface area contributed by atoms with Gasteiger partial charge in [-0.1, -0.05) is 32.0 Å². The van der Waals surface area contributed by atoms with Crippen molar-refractivity contribution in [2.45, 2.75) is 32.9 Å². The predicted octanol–water partition coefficient (Wildman–Crippen LogP) is 3.93. The van der Waals surface area contributed by atoms with E-state index in [0.29, 0.717) is 0 Å². The number of nitrogens with zero attached hydrogens (tertiary/aromatic N) is 1. The fraction of sp³-hybridized carbons (Fsp3) is 0.500. The maximum atomic E-state index is 12.5. The molecule has 1 aromatic carbocycles. The van der Waals surface area contributed by atoms with Gasteiger partial charge in [-0.15, -0.1) is 0 Å². The number of para-hydroxylation sites is 1. The summed E-state index contributed by atoms with van der Waals surface area (Å²) in [6.45, 7) is 3.49. The molecule has 1 aromatic rings. The molecule has 0 aliphatic heterocycles. The summed E-state index contributed by atoms with van der Waals surface area (Å²) < 4.78 is 37.6. The van der Waals surface area contributed by atoms with Crippen LogP contribution in [-0.4, -0.2) is 12.7 Å². The number of nitrogens with one attached hydrogen (secondary N) is 1. The van der Waals surface area contributed by atoms with Crippen LogP contribution in [-0.2, 0) is 12.8 Å². The van der Waals surface area contributed by atoms with Crippen molar-refractivity contribution >= 4 is 5.69 Å². The van der Waals surface area contributed by atoms with Crippen molar-refractivity contribution in [3.8, 4) is 6.07 Å². The maximum Gasteiger partial charge on any atom is 0.406 e. The molecule has 0 spiro atoms. The smallest absolute Gasteiger partial charge is 0.383 e. The largest absolute Gasteiger partial charge is 0.406 e. The van der Waals surface area contributed by atoms with Gasteiger partial charge in [0.15, 0.2) is 5.92 Å². The summed E-state index contributed by atoms with van der Waals surface area (Å²) in [5.41, 5.74) is 2.67. The summed E-state index contributed by atoms with van der Waals surface area (Å²) >= 11 is 0. The van der Waals surface area contributed by atoms with Crippen LogP contribution in [0.3, 0.4) is 0 Å². The van der Waals surface area contributed by atoms with Crippen molar-refractivity contribution in [3.05, 3.63) is 29.3 Å². The lowest BCUT2D eigenvalue weighted by Gasteiger charge is -2.18. The van der Waals surface area contributed by atoms with Crippen molar-refractivity contribution in [2.75, 3.05) is 11.9 Å². The number of rotatable bonds is 5. The molecule has 0 heterocycles. The van der Waals surface area contributed by atoms with Crippen LogP contribution in [0.4, 0.5) is 18.9 Å². The second-order valence-corrected chi connectivity index (χ2v) is 4.26. The van der Waals surface area contributed by atoms with E-state index in [0.717, 1.165) is 29.7 Å². The van der Waals surface area contributed by atoms with E-state index in [9.17, 15) is 13.2 Å². The Morgan fingerprint density at radius 2 is 1.74 bits per heavy atom. The van der Waals surface area contributed by atoms with Gasteiger partial charge in [-0.25, -0.2) is 0 Å². The molecule has 0 aliphatic rings. The Bertz CT molecular complexity index is 438. The Hall–Kier alpha value is -1.70. The number of nitriles is 1. The van der Waals surface area contributed by atoms with E-state index in [2.05, 4.69) is 5.32 Å². The summed E-state index contributed by atoms with van der Waals surface area (Å²) in [7, 11) is 0. The molecule has 0 saturated heterocycles. The van der Waals surface area contributed by atoms with Gasteiger partial charge in [-0.05, 0) is 24.0 Å². The fourth-order valence-corrected chi connectivity index (χ4v) is 1.91. The van der Waals surface area contributed by atoms with Crippen LogP contribution >= 0.6 is 0 Å². The molecule has 0 aliphatic carbocycles. The van der Waals surface area contributed by atoms with E-state index >= 15 is 0 Å². The van der Waals surface area contributed by atoms with Gasteiger partial charge in [0.1, 0.15) is 0 Å². The standard InChI is InChI=1S/C14H17F3N2/c1-3-10-6-5-7-11(4-2)13(10)19-9-12(8-18)14(15,16)17/h5-7,12,19H,3-4,9H2,1-2H3. The fourth-order valence-electron chi connectivity index (χ4n) is 1.91. The molecule has 1 rings (SSSR count). The van der Waals surface area contributed by atoms with Crippen molar-refractivity contribution in [3.63, 3.8) is 0 Å². The summed E-state index contributed by atoms with van der Waals surface area (Å²) in [6, 6.07) is 6.97. The van der Waals surface area contributed by atoms with Crippen molar-refractivity contribution in [2.24, 2.45) is 5.92 Å². The molecule has 0 radical (unpaired) electrons. The third kappa shape index (κ3) is 3.88. The zero-order chi connectivity index (χ0) is 14.5. The van der Waals surface area contributed by atoms with Gasteiger partial charge in [0.05, 0.1) is 6.07 Å². The lowest BCUT2D eigenvalue weighted by atomic mass is 10.0. The Morgan fingerprint density at radius 1 is 1.21 bits per heavy atom. The summed E-state index contributed by atoms with van der Waals surface area (Å²) in [5, 5.41) is 11.4. The van der Waals surface area contributed by atoms with Crippen LogP contribution in [0.2, 0.25) is 0 Å². The second-order valence-electron chi connectivity index (χ2n) is 4.26. The SMILES string of the molecule is CCc1cccc(CC)c1NCC(C#N)C(F)(F)F. The highest BCUT2D eigenvalue weighted by Crippen LogP contribution is 2.28. The molecule has 104 valence electrons. The summed E-state index contributed by atoms with van der Waals surface area (Å²) in [5.74, 6) is -1.98. The number of hydrogen-bond acceptors (Lipinski definition) is 2. The van der Waals surface area contributed by atoms with Crippen LogP contribution < -0.4 is 5.32 Å². The lowest BCUT2D eigenvalue weighted by Crippen LogP contribution is -2.28. The van der Waals surface area contributed by atoms with Crippen molar-refractivity contribution in [1.82, 2.24) is 0 Å². The molecule has 19 heavy (non-hydrogen) atoms. The van der Waals surface area contributed by atoms with E-state index in [-0.39, 0.29) is 0 Å². The molecule has 1 N–H and O–H groups in total. The minimum absolute atomic E-state index is 0.413. The van der Waals surface area contributed by atoms with Gasteiger partial charge in [0.25, 0.3) is 0 Å². The Labute approximate surface area is 111 Å². The number of hydrogen-bond donors (Lipinski definition) is 1. The van der Waals surface area contributed by atoms with Crippen LogP contribution in [0, 0.1) is 17.2 Å². The first-order valence-electron chi connectivity index (χ1n) is 6.25. The highest BCUT2D eigenvalue weighted by atomic mass is 19.4. The average molecular weight is 270 g/mol. The molecule has 0 amide bonds. The van der Waals surface area contributed by atoms with Crippen molar-refractivity contribution in [1.29, 1.82) is 5.26 Å².